The van der Waals surface area contributed by atoms with Gasteiger partial charge in [-0.1, -0.05) is 25.4 Å². The Kier molecular flexibility index (Phi) is 7.05. The van der Waals surface area contributed by atoms with Gasteiger partial charge in [-0.15, -0.1) is 11.8 Å². The van der Waals surface area contributed by atoms with Gasteiger partial charge in [0.05, 0.1) is 23.1 Å². The van der Waals surface area contributed by atoms with Gasteiger partial charge in [-0.2, -0.15) is 12.6 Å². The van der Waals surface area contributed by atoms with E-state index in [-0.39, 0.29) is 11.5 Å². The normalized spacial score (nSPS) is 31.0. The zero-order valence-electron chi connectivity index (χ0n) is 15.1. The minimum Gasteiger partial charge on any atom is -0.389 e. The Hall–Kier alpha value is -0.150. The van der Waals surface area contributed by atoms with E-state index in [9.17, 15) is 10.2 Å². The van der Waals surface area contributed by atoms with E-state index in [1.54, 1.807) is 11.8 Å². The van der Waals surface area contributed by atoms with Crippen LogP contribution >= 0.6 is 36.0 Å². The average Bonchev–Trinajstić information content (AvgIpc) is 2.65. The van der Waals surface area contributed by atoms with Gasteiger partial charge in [0.2, 0.25) is 0 Å². The van der Waals surface area contributed by atoms with Crippen molar-refractivity contribution in [2.45, 2.75) is 48.5 Å². The Morgan fingerprint density at radius 1 is 1.27 bits per heavy atom. The molecule has 0 amide bonds. The second-order valence-corrected chi connectivity index (χ2v) is 8.67. The summed E-state index contributed by atoms with van der Waals surface area (Å²) in [7, 11) is 0. The molecular formula is C18H27ClN2O3S2. The Bertz CT molecular complexity index is 620. The molecule has 2 aliphatic rings. The molecule has 2 aliphatic heterocycles. The number of likely N-dealkylation sites (N-methyl/N-ethyl adjacent to an activating group) is 1. The van der Waals surface area contributed by atoms with Crippen LogP contribution < -0.4 is 4.90 Å². The van der Waals surface area contributed by atoms with Gasteiger partial charge in [0, 0.05) is 28.8 Å². The van der Waals surface area contributed by atoms with Gasteiger partial charge < -0.3 is 24.7 Å². The fourth-order valence-electron chi connectivity index (χ4n) is 3.58. The molecule has 146 valence electrons. The van der Waals surface area contributed by atoms with Crippen molar-refractivity contribution in [2.75, 3.05) is 36.8 Å². The van der Waals surface area contributed by atoms with Gasteiger partial charge in [-0.05, 0) is 31.3 Å². The highest BCUT2D eigenvalue weighted by atomic mass is 35.5. The van der Waals surface area contributed by atoms with Gasteiger partial charge in [0.1, 0.15) is 12.3 Å². The average molecular weight is 419 g/mol. The fraction of sp³-hybridized carbons (Fsp3) is 0.667. The van der Waals surface area contributed by atoms with Crippen LogP contribution in [-0.4, -0.2) is 76.8 Å². The van der Waals surface area contributed by atoms with E-state index in [1.807, 2.05) is 18.2 Å². The topological polar surface area (TPSA) is 56.2 Å². The standard InChI is InChI=1S/C18H27ClN2O3S2/c1-3-20(4-2)7-8-21-12-9-11(19)5-6-14(12)26-17-16(23)15(22)13(10-25)24-18(17)21/h5-6,9,13,15-18,22-23,25H,3-4,7-8,10H2,1-2H3/t13-,15+,16-,17-,18+/m0/s1. The lowest BCUT2D eigenvalue weighted by atomic mass is 9.99. The third kappa shape index (κ3) is 3.99. The quantitative estimate of drug-likeness (QED) is 0.616. The second kappa shape index (κ2) is 8.90. The highest BCUT2D eigenvalue weighted by Crippen LogP contribution is 2.47. The summed E-state index contributed by atoms with van der Waals surface area (Å²) in [6.45, 7) is 7.92. The number of thioether (sulfide) groups is 1. The van der Waals surface area contributed by atoms with Gasteiger partial charge in [0.25, 0.3) is 0 Å². The van der Waals surface area contributed by atoms with E-state index >= 15 is 0 Å². The number of thiol groups is 1. The first-order valence-corrected chi connectivity index (χ1v) is 11.0. The molecule has 1 saturated heterocycles. The molecule has 2 N–H and O–H groups in total. The van der Waals surface area contributed by atoms with E-state index in [1.165, 1.54) is 0 Å². The van der Waals surface area contributed by atoms with Crippen molar-refractivity contribution in [3.05, 3.63) is 23.2 Å². The fourth-order valence-corrected chi connectivity index (χ4v) is 5.42. The van der Waals surface area contributed by atoms with Crippen LogP contribution in [0.2, 0.25) is 5.02 Å². The van der Waals surface area contributed by atoms with Crippen molar-refractivity contribution < 1.29 is 14.9 Å². The number of hydrogen-bond acceptors (Lipinski definition) is 7. The molecule has 5 atom stereocenters. The Balaban J connectivity index is 1.93. The zero-order chi connectivity index (χ0) is 18.8. The first-order chi connectivity index (χ1) is 12.5. The predicted octanol–water partition coefficient (Wildman–Crippen LogP) is 2.34. The molecule has 26 heavy (non-hydrogen) atoms. The molecule has 0 aromatic heterocycles. The molecule has 0 aliphatic carbocycles. The SMILES string of the molecule is CCN(CC)CCN1c2cc(Cl)ccc2S[C@H]2[C@@H](O)[C@H](O)[C@H](CS)O[C@H]21. The summed E-state index contributed by atoms with van der Waals surface area (Å²) in [6.07, 6.45) is -2.61. The summed E-state index contributed by atoms with van der Waals surface area (Å²) < 4.78 is 6.19. The molecule has 0 radical (unpaired) electrons. The van der Waals surface area contributed by atoms with E-state index in [0.717, 1.165) is 36.8 Å². The molecule has 5 nitrogen and oxygen atoms in total. The summed E-state index contributed by atoms with van der Waals surface area (Å²) in [5.74, 6) is 0.360. The maximum Gasteiger partial charge on any atom is 0.145 e. The van der Waals surface area contributed by atoms with Crippen molar-refractivity contribution in [1.29, 1.82) is 0 Å². The van der Waals surface area contributed by atoms with Crippen LogP contribution in [0.3, 0.4) is 0 Å². The van der Waals surface area contributed by atoms with Crippen LogP contribution in [0.4, 0.5) is 5.69 Å². The molecule has 2 heterocycles. The molecule has 1 aromatic rings. The molecule has 1 fully saturated rings. The molecule has 0 saturated carbocycles. The molecule has 1 aromatic carbocycles. The first kappa shape index (κ1) is 20.6. The number of anilines is 1. The van der Waals surface area contributed by atoms with Crippen LogP contribution in [0.15, 0.2) is 23.1 Å². The van der Waals surface area contributed by atoms with Crippen LogP contribution in [0, 0.1) is 0 Å². The summed E-state index contributed by atoms with van der Waals surface area (Å²) in [5.41, 5.74) is 1.03. The maximum absolute atomic E-state index is 10.7. The van der Waals surface area contributed by atoms with Gasteiger partial charge >= 0.3 is 0 Å². The Morgan fingerprint density at radius 3 is 2.65 bits per heavy atom. The van der Waals surface area contributed by atoms with E-state index < -0.39 is 18.3 Å². The largest absolute Gasteiger partial charge is 0.389 e. The lowest BCUT2D eigenvalue weighted by Gasteiger charge is -2.50. The number of hydrogen-bond donors (Lipinski definition) is 3. The lowest BCUT2D eigenvalue weighted by Crippen LogP contribution is -2.63. The highest BCUT2D eigenvalue weighted by molar-refractivity contribution is 8.00. The molecule has 3 rings (SSSR count). The third-order valence-electron chi connectivity index (χ3n) is 5.19. The predicted molar refractivity (Wildman–Crippen MR) is 111 cm³/mol. The smallest absolute Gasteiger partial charge is 0.145 e. The summed E-state index contributed by atoms with van der Waals surface area (Å²) >= 11 is 12.1. The van der Waals surface area contributed by atoms with Crippen molar-refractivity contribution in [3.63, 3.8) is 0 Å². The summed E-state index contributed by atoms with van der Waals surface area (Å²) in [4.78, 5) is 5.59. The Labute approximate surface area is 170 Å². The van der Waals surface area contributed by atoms with Crippen LogP contribution in [0.25, 0.3) is 0 Å². The zero-order valence-corrected chi connectivity index (χ0v) is 17.6. The summed E-state index contributed by atoms with van der Waals surface area (Å²) in [6, 6.07) is 5.80. The minimum atomic E-state index is -0.931. The number of nitrogens with zero attached hydrogens (tertiary/aromatic N) is 2. The second-order valence-electron chi connectivity index (χ2n) is 6.64. The van der Waals surface area contributed by atoms with Crippen molar-refractivity contribution >= 4 is 41.7 Å². The maximum atomic E-state index is 10.7. The van der Waals surface area contributed by atoms with Crippen molar-refractivity contribution in [2.24, 2.45) is 0 Å². The van der Waals surface area contributed by atoms with E-state index in [4.69, 9.17) is 16.3 Å². The minimum absolute atomic E-state index is 0.258. The highest BCUT2D eigenvalue weighted by Gasteiger charge is 2.49. The van der Waals surface area contributed by atoms with Gasteiger partial charge in [-0.3, -0.25) is 0 Å². The van der Waals surface area contributed by atoms with Crippen molar-refractivity contribution in [3.8, 4) is 0 Å². The number of fused-ring (bicyclic) bond motifs is 2. The number of ether oxygens (including phenoxy) is 1. The number of benzene rings is 1. The number of rotatable bonds is 6. The monoisotopic (exact) mass is 418 g/mol. The van der Waals surface area contributed by atoms with Crippen LogP contribution in [0.1, 0.15) is 13.8 Å². The van der Waals surface area contributed by atoms with Gasteiger partial charge in [0.15, 0.2) is 0 Å². The number of halogens is 1. The molecule has 8 heteroatoms. The summed E-state index contributed by atoms with van der Waals surface area (Å²) in [5, 5.41) is 21.5. The molecule has 0 unspecified atom stereocenters. The lowest BCUT2D eigenvalue weighted by molar-refractivity contribution is -0.155. The van der Waals surface area contributed by atoms with Crippen LogP contribution in [-0.2, 0) is 4.74 Å². The molecule has 0 bridgehead atoms. The van der Waals surface area contributed by atoms with E-state index in [2.05, 4.69) is 36.3 Å². The van der Waals surface area contributed by atoms with Crippen LogP contribution in [0.5, 0.6) is 0 Å². The molecule has 0 spiro atoms. The third-order valence-corrected chi connectivity index (χ3v) is 7.17. The number of aliphatic hydroxyl groups is 2. The first-order valence-electron chi connectivity index (χ1n) is 9.07. The number of aliphatic hydroxyl groups excluding tert-OH is 2. The molecular weight excluding hydrogens is 392 g/mol. The van der Waals surface area contributed by atoms with Crippen molar-refractivity contribution in [1.82, 2.24) is 4.90 Å². The van der Waals surface area contributed by atoms with Gasteiger partial charge in [-0.25, -0.2) is 0 Å². The Morgan fingerprint density at radius 2 is 2.00 bits per heavy atom. The van der Waals surface area contributed by atoms with E-state index in [0.29, 0.717) is 10.8 Å².